The summed E-state index contributed by atoms with van der Waals surface area (Å²) >= 11 is 0. The van der Waals surface area contributed by atoms with E-state index in [9.17, 15) is 4.79 Å². The minimum atomic E-state index is 0.0171. The van der Waals surface area contributed by atoms with Gasteiger partial charge in [0.05, 0.1) is 0 Å². The van der Waals surface area contributed by atoms with Gasteiger partial charge in [0, 0.05) is 30.4 Å². The van der Waals surface area contributed by atoms with Crippen LogP contribution in [0.15, 0.2) is 22.6 Å². The number of likely N-dealkylation sites (N-methyl/N-ethyl adjacent to an activating group) is 1. The van der Waals surface area contributed by atoms with E-state index in [0.717, 1.165) is 37.1 Å². The molecular weight excluding hydrogens is 290 g/mol. The van der Waals surface area contributed by atoms with Crippen molar-refractivity contribution in [1.82, 2.24) is 14.8 Å². The summed E-state index contributed by atoms with van der Waals surface area (Å²) in [5, 5.41) is 0. The molecule has 1 amide bonds. The average molecular weight is 313 g/mol. The van der Waals surface area contributed by atoms with Gasteiger partial charge in [0.15, 0.2) is 11.3 Å². The molecule has 2 aliphatic heterocycles. The lowest BCUT2D eigenvalue weighted by Crippen LogP contribution is -2.47. The van der Waals surface area contributed by atoms with Gasteiger partial charge in [-0.1, -0.05) is 0 Å². The molecule has 4 heterocycles. The minimum absolute atomic E-state index is 0.0171. The number of hydrogen-bond acceptors (Lipinski definition) is 4. The Hall–Kier alpha value is -1.88. The summed E-state index contributed by atoms with van der Waals surface area (Å²) in [6.45, 7) is 3.91. The predicted octanol–water partition coefficient (Wildman–Crippen LogP) is 2.84. The fourth-order valence-corrected chi connectivity index (χ4v) is 4.14. The van der Waals surface area contributed by atoms with Crippen molar-refractivity contribution in [3.63, 3.8) is 0 Å². The molecule has 0 bridgehead atoms. The van der Waals surface area contributed by atoms with Gasteiger partial charge in [-0.05, 0) is 58.3 Å². The van der Waals surface area contributed by atoms with Crippen molar-refractivity contribution in [2.24, 2.45) is 0 Å². The van der Waals surface area contributed by atoms with Crippen LogP contribution in [0.2, 0.25) is 0 Å². The molecule has 2 aromatic heterocycles. The van der Waals surface area contributed by atoms with E-state index in [1.807, 2.05) is 24.0 Å². The van der Waals surface area contributed by atoms with E-state index in [0.29, 0.717) is 23.4 Å². The Labute approximate surface area is 136 Å². The number of aromatic nitrogens is 1. The van der Waals surface area contributed by atoms with E-state index in [-0.39, 0.29) is 5.91 Å². The lowest BCUT2D eigenvalue weighted by molar-refractivity contribution is 0.0635. The molecule has 2 fully saturated rings. The third-order valence-electron chi connectivity index (χ3n) is 5.30. The third-order valence-corrected chi connectivity index (χ3v) is 5.30. The molecule has 2 aromatic rings. The van der Waals surface area contributed by atoms with Crippen molar-refractivity contribution in [2.45, 2.75) is 44.7 Å². The molecular formula is C18H23N3O2. The summed E-state index contributed by atoms with van der Waals surface area (Å²) in [4.78, 5) is 21.8. The van der Waals surface area contributed by atoms with Crippen LogP contribution in [0.5, 0.6) is 0 Å². The number of nitrogens with zero attached hydrogens (tertiary/aromatic N) is 3. The van der Waals surface area contributed by atoms with Gasteiger partial charge >= 0.3 is 0 Å². The summed E-state index contributed by atoms with van der Waals surface area (Å²) in [5.41, 5.74) is 2.39. The van der Waals surface area contributed by atoms with Crippen molar-refractivity contribution >= 4 is 17.0 Å². The predicted molar refractivity (Wildman–Crippen MR) is 88.5 cm³/mol. The monoisotopic (exact) mass is 313 g/mol. The molecule has 23 heavy (non-hydrogen) atoms. The van der Waals surface area contributed by atoms with Crippen molar-refractivity contribution < 1.29 is 9.21 Å². The van der Waals surface area contributed by atoms with Crippen molar-refractivity contribution in [3.8, 4) is 0 Å². The second-order valence-electron chi connectivity index (χ2n) is 6.84. The zero-order valence-electron chi connectivity index (χ0n) is 13.8. The van der Waals surface area contributed by atoms with Crippen LogP contribution in [0.4, 0.5) is 0 Å². The average Bonchev–Trinajstić information content (AvgIpc) is 3.23. The van der Waals surface area contributed by atoms with E-state index in [2.05, 4.69) is 16.9 Å². The first-order valence-electron chi connectivity index (χ1n) is 8.52. The molecule has 0 saturated carbocycles. The van der Waals surface area contributed by atoms with Gasteiger partial charge in [-0.2, -0.15) is 0 Å². The number of fused-ring (bicyclic) bond motifs is 1. The van der Waals surface area contributed by atoms with Crippen LogP contribution in [0, 0.1) is 6.92 Å². The van der Waals surface area contributed by atoms with Gasteiger partial charge in [-0.3, -0.25) is 4.79 Å². The lowest BCUT2D eigenvalue weighted by Gasteiger charge is -2.32. The topological polar surface area (TPSA) is 49.6 Å². The molecule has 2 aliphatic rings. The van der Waals surface area contributed by atoms with Crippen LogP contribution in [-0.4, -0.2) is 52.9 Å². The van der Waals surface area contributed by atoms with Crippen molar-refractivity contribution in [3.05, 3.63) is 29.7 Å². The molecule has 0 aliphatic carbocycles. The zero-order valence-corrected chi connectivity index (χ0v) is 13.8. The summed E-state index contributed by atoms with van der Waals surface area (Å²) < 4.78 is 5.77. The fraction of sp³-hybridized carbons (Fsp3) is 0.556. The maximum atomic E-state index is 13.0. The second kappa shape index (κ2) is 5.64. The number of carbonyl (C=O) groups excluding carboxylic acids is 1. The molecule has 122 valence electrons. The highest BCUT2D eigenvalue weighted by Crippen LogP contribution is 2.31. The third kappa shape index (κ3) is 2.53. The van der Waals surface area contributed by atoms with Crippen molar-refractivity contribution in [2.75, 3.05) is 20.1 Å². The smallest absolute Gasteiger partial charge is 0.289 e. The quantitative estimate of drug-likeness (QED) is 0.855. The van der Waals surface area contributed by atoms with Crippen LogP contribution < -0.4 is 0 Å². The van der Waals surface area contributed by atoms with Gasteiger partial charge < -0.3 is 14.2 Å². The van der Waals surface area contributed by atoms with Crippen molar-refractivity contribution in [1.29, 1.82) is 0 Å². The largest absolute Gasteiger partial charge is 0.449 e. The van der Waals surface area contributed by atoms with Gasteiger partial charge in [-0.15, -0.1) is 0 Å². The summed E-state index contributed by atoms with van der Waals surface area (Å²) in [7, 11) is 2.17. The number of carbonyl (C=O) groups is 1. The molecule has 0 aromatic carbocycles. The number of likely N-dealkylation sites (tertiary alicyclic amines) is 2. The Kier molecular flexibility index (Phi) is 3.60. The Balaban J connectivity index is 1.61. The van der Waals surface area contributed by atoms with Crippen LogP contribution in [-0.2, 0) is 0 Å². The van der Waals surface area contributed by atoms with E-state index < -0.39 is 0 Å². The molecule has 2 saturated heterocycles. The number of pyridine rings is 1. The number of hydrogen-bond donors (Lipinski definition) is 0. The van der Waals surface area contributed by atoms with E-state index in [4.69, 9.17) is 4.42 Å². The van der Waals surface area contributed by atoms with Gasteiger partial charge in [0.2, 0.25) is 0 Å². The Morgan fingerprint density at radius 1 is 1.22 bits per heavy atom. The maximum absolute atomic E-state index is 13.0. The molecule has 2 atom stereocenters. The minimum Gasteiger partial charge on any atom is -0.449 e. The number of rotatable bonds is 2. The van der Waals surface area contributed by atoms with Crippen LogP contribution in [0.3, 0.4) is 0 Å². The first kappa shape index (κ1) is 14.7. The Morgan fingerprint density at radius 3 is 2.78 bits per heavy atom. The highest BCUT2D eigenvalue weighted by atomic mass is 16.3. The summed E-state index contributed by atoms with van der Waals surface area (Å²) in [6, 6.07) is 6.40. The molecule has 0 spiro atoms. The molecule has 4 rings (SSSR count). The van der Waals surface area contributed by atoms with Gasteiger partial charge in [0.25, 0.3) is 5.91 Å². The van der Waals surface area contributed by atoms with E-state index >= 15 is 0 Å². The van der Waals surface area contributed by atoms with Gasteiger partial charge in [-0.25, -0.2) is 4.98 Å². The summed E-state index contributed by atoms with van der Waals surface area (Å²) in [5.74, 6) is 0.439. The number of furan rings is 1. The zero-order chi connectivity index (χ0) is 16.0. The second-order valence-corrected chi connectivity index (χ2v) is 6.84. The van der Waals surface area contributed by atoms with Crippen LogP contribution in [0.1, 0.15) is 41.9 Å². The van der Waals surface area contributed by atoms with E-state index in [1.165, 1.54) is 12.8 Å². The van der Waals surface area contributed by atoms with Gasteiger partial charge in [0.1, 0.15) is 5.52 Å². The first-order valence-corrected chi connectivity index (χ1v) is 8.52. The highest BCUT2D eigenvalue weighted by molar-refractivity contribution is 5.95. The normalized spacial score (nSPS) is 25.6. The molecule has 5 heteroatoms. The number of aryl methyl sites for hydroxylation is 1. The Bertz CT molecular complexity index is 739. The first-order chi connectivity index (χ1) is 11.1. The molecule has 0 N–H and O–H groups in total. The molecule has 0 radical (unpaired) electrons. The summed E-state index contributed by atoms with van der Waals surface area (Å²) in [6.07, 6.45) is 4.59. The Morgan fingerprint density at radius 2 is 2.00 bits per heavy atom. The highest BCUT2D eigenvalue weighted by Gasteiger charge is 2.39. The molecule has 5 nitrogen and oxygen atoms in total. The maximum Gasteiger partial charge on any atom is 0.289 e. The SMILES string of the molecule is Cc1ccc2oc(C(=O)N3CCC[C@@H]3[C@@H]3CCCN3C)cc2n1. The fourth-order valence-electron chi connectivity index (χ4n) is 4.14. The lowest BCUT2D eigenvalue weighted by atomic mass is 10.0. The van der Waals surface area contributed by atoms with Crippen LogP contribution >= 0.6 is 0 Å². The van der Waals surface area contributed by atoms with Crippen LogP contribution in [0.25, 0.3) is 11.1 Å². The standard InChI is InChI=1S/C18H23N3O2/c1-12-7-8-16-13(19-12)11-17(23-16)18(22)21-10-4-6-15(21)14-5-3-9-20(14)2/h7-8,11,14-15H,3-6,9-10H2,1-2H3/t14-,15+/m0/s1. The number of amides is 1. The van der Waals surface area contributed by atoms with E-state index in [1.54, 1.807) is 6.07 Å². The molecule has 0 unspecified atom stereocenters.